The molecule has 0 saturated carbocycles. The van der Waals surface area contributed by atoms with Crippen LogP contribution in [0, 0.1) is 10.8 Å². The Labute approximate surface area is 224 Å². The molecule has 2 aliphatic rings. The molecule has 2 aromatic rings. The maximum Gasteiger partial charge on any atom is 0.246 e. The van der Waals surface area contributed by atoms with Crippen LogP contribution in [0.5, 0.6) is 23.0 Å². The van der Waals surface area contributed by atoms with Crippen molar-refractivity contribution in [2.75, 3.05) is 6.79 Å². The zero-order valence-electron chi connectivity index (χ0n) is 23.4. The van der Waals surface area contributed by atoms with Gasteiger partial charge in [-0.25, -0.2) is 0 Å². The van der Waals surface area contributed by atoms with Crippen LogP contribution in [0.25, 0.3) is 12.2 Å². The molecule has 2 aliphatic heterocycles. The Morgan fingerprint density at radius 2 is 1.13 bits per heavy atom. The van der Waals surface area contributed by atoms with E-state index in [1.165, 1.54) is 6.08 Å². The van der Waals surface area contributed by atoms with Crippen LogP contribution >= 0.6 is 0 Å². The normalized spacial score (nSPS) is 17.9. The summed E-state index contributed by atoms with van der Waals surface area (Å²) in [6.07, 6.45) is 1.27. The van der Waals surface area contributed by atoms with E-state index in [2.05, 4.69) is 0 Å². The molecule has 0 bridgehead atoms. The van der Waals surface area contributed by atoms with Crippen LogP contribution in [0.3, 0.4) is 0 Å². The molecule has 0 spiro atoms. The second kappa shape index (κ2) is 10.8. The van der Waals surface area contributed by atoms with Gasteiger partial charge in [0.2, 0.25) is 12.6 Å². The lowest BCUT2D eigenvalue weighted by Gasteiger charge is -2.25. The minimum Gasteiger partial charge on any atom is -0.510 e. The molecule has 0 saturated heterocycles. The van der Waals surface area contributed by atoms with E-state index < -0.39 is 28.8 Å². The fourth-order valence-corrected chi connectivity index (χ4v) is 3.72. The second-order valence-corrected chi connectivity index (χ2v) is 12.1. The predicted octanol–water partition coefficient (Wildman–Crippen LogP) is 6.22. The lowest BCUT2D eigenvalue weighted by Crippen LogP contribution is -2.29. The zero-order valence-corrected chi connectivity index (χ0v) is 23.4. The van der Waals surface area contributed by atoms with Crippen molar-refractivity contribution in [3.63, 3.8) is 0 Å². The highest BCUT2D eigenvalue weighted by Crippen LogP contribution is 2.40. The van der Waals surface area contributed by atoms with Gasteiger partial charge in [0.25, 0.3) is 0 Å². The van der Waals surface area contributed by atoms with Gasteiger partial charge in [0.1, 0.15) is 23.7 Å². The lowest BCUT2D eigenvalue weighted by molar-refractivity contribution is -0.0431. The first-order valence-electron chi connectivity index (χ1n) is 12.6. The maximum atomic E-state index is 10.0. The Bertz CT molecular complexity index is 1200. The summed E-state index contributed by atoms with van der Waals surface area (Å²) in [5.74, 6) is 1.89. The predicted molar refractivity (Wildman–Crippen MR) is 146 cm³/mol. The van der Waals surface area contributed by atoms with Gasteiger partial charge in [-0.2, -0.15) is 0 Å². The smallest absolute Gasteiger partial charge is 0.246 e. The standard InChI is InChI=1S/C16H22O4.C14H18O4/c1-15(2,3)14(18)11(17)8-10-6-7-12-13(9-10)20-16(4,5)19-12;1-14(2,3)13(16)10(15)6-9-4-5-11-12(7-9)18-8-17-11/h6-9,14,17-18H,1-5H3;4-7,13,15-16H,8H2,1-3H3/b11-8-;10-6-. The highest BCUT2D eigenvalue weighted by molar-refractivity contribution is 5.59. The molecule has 4 N–H and O–H groups in total. The van der Waals surface area contributed by atoms with Crippen LogP contribution < -0.4 is 18.9 Å². The molecule has 2 unspecified atom stereocenters. The van der Waals surface area contributed by atoms with Gasteiger partial charge in [-0.1, -0.05) is 53.7 Å². The van der Waals surface area contributed by atoms with Gasteiger partial charge in [0.05, 0.1) is 0 Å². The minimum absolute atomic E-state index is 0.0543. The average Bonchev–Trinajstić information content (AvgIpc) is 3.38. The third kappa shape index (κ3) is 7.36. The van der Waals surface area contributed by atoms with E-state index in [4.69, 9.17) is 18.9 Å². The van der Waals surface area contributed by atoms with E-state index in [1.54, 1.807) is 36.4 Å². The SMILES string of the molecule is CC(C)(C)C(O)/C(O)=C/c1ccc2c(c1)OCO2.CC1(C)Oc2ccc(/C=C(\O)C(O)C(C)(C)C)cc2O1. The van der Waals surface area contributed by atoms with Crippen molar-refractivity contribution in [2.24, 2.45) is 10.8 Å². The van der Waals surface area contributed by atoms with Crippen LogP contribution in [-0.4, -0.2) is 45.2 Å². The molecule has 38 heavy (non-hydrogen) atoms. The van der Waals surface area contributed by atoms with Crippen LogP contribution in [-0.2, 0) is 0 Å². The number of hydrogen-bond donors (Lipinski definition) is 4. The number of fused-ring (bicyclic) bond motifs is 2. The maximum absolute atomic E-state index is 10.0. The summed E-state index contributed by atoms with van der Waals surface area (Å²) >= 11 is 0. The van der Waals surface area contributed by atoms with Gasteiger partial charge in [-0.05, 0) is 58.4 Å². The summed E-state index contributed by atoms with van der Waals surface area (Å²) in [6.45, 7) is 15.1. The summed E-state index contributed by atoms with van der Waals surface area (Å²) < 4.78 is 21.7. The van der Waals surface area contributed by atoms with Gasteiger partial charge >= 0.3 is 0 Å². The summed E-state index contributed by atoms with van der Waals surface area (Å²) in [6, 6.07) is 10.8. The third-order valence-corrected chi connectivity index (χ3v) is 5.91. The Kier molecular flexibility index (Phi) is 8.29. The van der Waals surface area contributed by atoms with Crippen molar-refractivity contribution in [1.82, 2.24) is 0 Å². The second-order valence-electron chi connectivity index (χ2n) is 12.1. The van der Waals surface area contributed by atoms with Gasteiger partial charge in [0, 0.05) is 13.8 Å². The Morgan fingerprint density at radius 3 is 1.63 bits per heavy atom. The van der Waals surface area contributed by atoms with Gasteiger partial charge < -0.3 is 39.4 Å². The molecule has 8 nitrogen and oxygen atoms in total. The van der Waals surface area contributed by atoms with Crippen molar-refractivity contribution in [2.45, 2.75) is 73.4 Å². The molecule has 0 amide bonds. The topological polar surface area (TPSA) is 118 Å². The summed E-state index contributed by atoms with van der Waals surface area (Å²) in [7, 11) is 0. The van der Waals surface area contributed by atoms with E-state index in [9.17, 15) is 20.4 Å². The molecular formula is C30H40O8. The number of aliphatic hydroxyl groups excluding tert-OH is 4. The number of ether oxygens (including phenoxy) is 4. The van der Waals surface area contributed by atoms with Crippen molar-refractivity contribution in [3.8, 4) is 23.0 Å². The molecule has 0 fully saturated rings. The Morgan fingerprint density at radius 1 is 0.711 bits per heavy atom. The van der Waals surface area contributed by atoms with Crippen molar-refractivity contribution >= 4 is 12.2 Å². The molecule has 2 aromatic carbocycles. The summed E-state index contributed by atoms with van der Waals surface area (Å²) in [4.78, 5) is 0. The van der Waals surface area contributed by atoms with Crippen LogP contribution in [0.4, 0.5) is 0 Å². The largest absolute Gasteiger partial charge is 0.510 e. The molecule has 208 valence electrons. The van der Waals surface area contributed by atoms with E-state index in [-0.39, 0.29) is 18.3 Å². The lowest BCUT2D eigenvalue weighted by atomic mass is 9.87. The van der Waals surface area contributed by atoms with Gasteiger partial charge in [-0.15, -0.1) is 0 Å². The van der Waals surface area contributed by atoms with E-state index in [0.717, 1.165) is 11.1 Å². The first-order valence-corrected chi connectivity index (χ1v) is 12.6. The van der Waals surface area contributed by atoms with Gasteiger partial charge in [-0.3, -0.25) is 0 Å². The van der Waals surface area contributed by atoms with Gasteiger partial charge in [0.15, 0.2) is 23.0 Å². The van der Waals surface area contributed by atoms with Crippen LogP contribution in [0.15, 0.2) is 47.9 Å². The fraction of sp³-hybridized carbons (Fsp3) is 0.467. The van der Waals surface area contributed by atoms with Crippen molar-refractivity contribution < 1.29 is 39.4 Å². The average molecular weight is 529 g/mol. The van der Waals surface area contributed by atoms with Crippen molar-refractivity contribution in [1.29, 1.82) is 0 Å². The number of rotatable bonds is 4. The highest BCUT2D eigenvalue weighted by Gasteiger charge is 2.32. The zero-order chi connectivity index (χ0) is 28.5. The Balaban J connectivity index is 0.000000212. The minimum atomic E-state index is -0.913. The monoisotopic (exact) mass is 528 g/mol. The van der Waals surface area contributed by atoms with Crippen LogP contribution in [0.2, 0.25) is 0 Å². The van der Waals surface area contributed by atoms with E-state index >= 15 is 0 Å². The summed E-state index contributed by atoms with van der Waals surface area (Å²) in [5.41, 5.74) is 0.696. The summed E-state index contributed by atoms with van der Waals surface area (Å²) in [5, 5.41) is 39.8. The number of benzene rings is 2. The molecule has 0 aromatic heterocycles. The highest BCUT2D eigenvalue weighted by atomic mass is 16.7. The first-order chi connectivity index (χ1) is 17.5. The molecule has 0 aliphatic carbocycles. The fourth-order valence-electron chi connectivity index (χ4n) is 3.72. The molecular weight excluding hydrogens is 488 g/mol. The van der Waals surface area contributed by atoms with Crippen molar-refractivity contribution in [3.05, 3.63) is 59.0 Å². The van der Waals surface area contributed by atoms with E-state index in [0.29, 0.717) is 23.0 Å². The first kappa shape index (κ1) is 29.2. The van der Waals surface area contributed by atoms with E-state index in [1.807, 2.05) is 61.5 Å². The molecule has 2 heterocycles. The Hall–Kier alpha value is -3.36. The van der Waals surface area contributed by atoms with Crippen LogP contribution in [0.1, 0.15) is 66.5 Å². The molecule has 8 heteroatoms. The number of aliphatic hydroxyl groups is 4. The molecule has 0 radical (unpaired) electrons. The molecule has 4 rings (SSSR count). The molecule has 2 atom stereocenters. The quantitative estimate of drug-likeness (QED) is 0.346. The third-order valence-electron chi connectivity index (χ3n) is 5.91. The number of hydrogen-bond acceptors (Lipinski definition) is 8.